The predicted octanol–water partition coefficient (Wildman–Crippen LogP) is 29.6. The zero-order valence-electron chi connectivity index (χ0n) is 76.1. The Hall–Kier alpha value is -9.83. The second kappa shape index (κ2) is 33.9. The average molecular weight is 1790 g/mol. The van der Waals surface area contributed by atoms with Gasteiger partial charge < -0.3 is 37.2 Å². The molecule has 626 valence electrons. The minimum Gasteiger partial charge on any atom is -0.657 e. The minimum atomic E-state index is -6.00. The number of aryl methyl sites for hydroxylation is 8. The molecule has 6 aromatic heterocycles. The summed E-state index contributed by atoms with van der Waals surface area (Å²) in [5.74, 6) is 7.22. The number of H-pyrrole nitrogens is 2. The van der Waals surface area contributed by atoms with Crippen molar-refractivity contribution in [1.29, 1.82) is 0 Å². The van der Waals surface area contributed by atoms with Crippen LogP contribution >= 0.6 is 0 Å². The fourth-order valence-electron chi connectivity index (χ4n) is 18.4. The molecule has 120 heavy (non-hydrogen) atoms. The molecule has 16 bridgehead atoms. The minimum absolute atomic E-state index is 0. The van der Waals surface area contributed by atoms with E-state index in [0.717, 1.165) is 202 Å². The number of halogens is 4. The third kappa shape index (κ3) is 16.9. The van der Waals surface area contributed by atoms with E-state index in [1.54, 1.807) is 0 Å². The molecular weight excluding hydrogens is 1670 g/mol. The monoisotopic (exact) mass is 1790 g/mol. The van der Waals surface area contributed by atoms with Gasteiger partial charge in [0.2, 0.25) is 0 Å². The Kier molecular flexibility index (Phi) is 25.2. The van der Waals surface area contributed by atoms with Crippen LogP contribution in [0.3, 0.4) is 0 Å². The number of allylic oxidation sites excluding steroid dienone is 8. The number of nitrogens with one attached hydrogen (secondary N) is 2. The zero-order valence-corrected chi connectivity index (χ0v) is 78.3. The Morgan fingerprint density at radius 2 is 0.583 bits per heavy atom. The molecule has 14 heteroatoms. The van der Waals surface area contributed by atoms with Gasteiger partial charge in [0.1, 0.15) is 0 Å². The van der Waals surface area contributed by atoms with Gasteiger partial charge in [-0.3, -0.25) is 0 Å². The maximum absolute atomic E-state index is 9.75. The molecular formula is C106H120AuBF4N8. The summed E-state index contributed by atoms with van der Waals surface area (Å²) in [4.78, 5) is 43.0. The fourth-order valence-corrected chi connectivity index (χ4v) is 18.4. The number of aromatic nitrogens is 8. The second-order valence-corrected chi connectivity index (χ2v) is 37.1. The maximum atomic E-state index is 9.75. The van der Waals surface area contributed by atoms with Gasteiger partial charge in [-0.1, -0.05) is 245 Å². The second-order valence-electron chi connectivity index (χ2n) is 37.1. The smallest absolute Gasteiger partial charge is 0.657 e. The van der Waals surface area contributed by atoms with Crippen LogP contribution in [0.1, 0.15) is 315 Å². The van der Waals surface area contributed by atoms with Gasteiger partial charge in [0.05, 0.1) is 56.6 Å². The van der Waals surface area contributed by atoms with Crippen LogP contribution in [-0.4, -0.2) is 37.2 Å². The molecule has 0 spiro atoms. The molecule has 2 N–H and O–H groups in total. The van der Waals surface area contributed by atoms with Crippen molar-refractivity contribution in [3.63, 3.8) is 0 Å². The van der Waals surface area contributed by atoms with E-state index in [2.05, 4.69) is 325 Å². The number of hydrogen-bond donors (Lipinski definition) is 2. The van der Waals surface area contributed by atoms with E-state index in [4.69, 9.17) is 29.9 Å². The summed E-state index contributed by atoms with van der Waals surface area (Å²) in [6.45, 7) is 64.3. The number of hydrogen-bond acceptors (Lipinski definition) is 4. The van der Waals surface area contributed by atoms with Crippen LogP contribution in [0.2, 0.25) is 0 Å². The summed E-state index contributed by atoms with van der Waals surface area (Å²) >= 11 is 0. The van der Waals surface area contributed by atoms with E-state index in [-0.39, 0.29) is 44.0 Å². The van der Waals surface area contributed by atoms with Crippen molar-refractivity contribution in [3.8, 4) is 56.3 Å². The summed E-state index contributed by atoms with van der Waals surface area (Å²) in [5.41, 5.74) is 51.1. The van der Waals surface area contributed by atoms with Crippen LogP contribution in [-0.2, 0) is 69.7 Å². The number of nitrogens with zero attached hydrogens (tertiary/aromatic N) is 6. The molecule has 4 aliphatic heterocycles. The van der Waals surface area contributed by atoms with Gasteiger partial charge in [-0.25, -0.2) is 19.9 Å². The Bertz CT molecular complexity index is 5920. The third-order valence-electron chi connectivity index (χ3n) is 25.4. The van der Waals surface area contributed by atoms with Crippen LogP contribution < -0.4 is 9.97 Å². The maximum Gasteiger partial charge on any atom is 3.00 e. The largest absolute Gasteiger partial charge is 3.00 e. The topological polar surface area (TPSA) is 111 Å². The van der Waals surface area contributed by atoms with Crippen LogP contribution in [0.5, 0.6) is 0 Å². The first-order valence-corrected chi connectivity index (χ1v) is 43.2. The SMILES string of the molecule is CCC1=C(C)c2nc1cc1[n-]c(c(C)c1CC)c(-c1ccc(C#Cc3ccc(-c4c5nc(cc6[nH]c(c(C)c6CC)c(-c6cc(C(C)(C)C)cc(C(C)(C)C)c6)c6nc(cc7[nH]c4c(C)c7CC)C(CC)=C6C)C(CC)=C5C)cc3)cc1)c1nc(cc3[n-]c(c(C)c3CC)c2-c2cc(C(C)(C)C)cc(C(C)(C)C)c2)C(CC)=C1C.F[B-](F)(F)F.[Au+3]. The number of fused-ring (bicyclic) bond motifs is 16. The van der Waals surface area contributed by atoms with E-state index in [1.807, 2.05) is 0 Å². The van der Waals surface area contributed by atoms with Crippen molar-refractivity contribution in [2.75, 3.05) is 0 Å². The third-order valence-corrected chi connectivity index (χ3v) is 25.4. The van der Waals surface area contributed by atoms with Crippen LogP contribution in [0.4, 0.5) is 17.3 Å². The van der Waals surface area contributed by atoms with Gasteiger partial charge in [-0.2, -0.15) is 0 Å². The summed E-state index contributed by atoms with van der Waals surface area (Å²) in [6.07, 6.45) is 6.64. The standard InChI is InChI=1S/C106H120N8.Au.BF4/c1-29-75-57(9)95-91(96-58(10)76(30-2)84(108-96)54-88-80(34-6)62(14)100(112-88)93(99-61(13)79(33-5)87(111-99)53-83(75)107-95)69-47-71(103(17,18)19)51-72(48-69)104(20,21)22)67-43-39-65(40-44-67)37-38-66-41-45-68(46-42-66)92-97-59(11)77(31-3)85(109-97)55-89-81(35-7)63(15)101(113-89)94(70-49-73(105(23,24)25)52-74(50-70)106(26,27)28)102-64(16)82(36-8)90(114-102)56-86-78(32-4)60(12)98(92)110-86;;2-1(3,4)5/h39-56,107,112H,29-36H2,1-28H3;;/q-2;+3;-1. The first kappa shape index (κ1) is 89.4. The van der Waals surface area contributed by atoms with Crippen molar-refractivity contribution < 1.29 is 39.6 Å². The summed E-state index contributed by atoms with van der Waals surface area (Å²) in [6, 6.07) is 41.4. The zero-order chi connectivity index (χ0) is 86.5. The number of aromatic amines is 2. The molecule has 0 atom stereocenters. The van der Waals surface area contributed by atoms with E-state index in [0.29, 0.717) is 0 Å². The van der Waals surface area contributed by atoms with E-state index >= 15 is 0 Å². The molecule has 4 aliphatic rings. The van der Waals surface area contributed by atoms with Crippen LogP contribution in [0, 0.1) is 39.5 Å². The van der Waals surface area contributed by atoms with Gasteiger partial charge in [0, 0.05) is 33.3 Å². The molecule has 0 radical (unpaired) electrons. The Morgan fingerprint density at radius 1 is 0.325 bits per heavy atom. The summed E-state index contributed by atoms with van der Waals surface area (Å²) < 4.78 is 39.0. The van der Waals surface area contributed by atoms with Gasteiger partial charge >= 0.3 is 29.6 Å². The summed E-state index contributed by atoms with van der Waals surface area (Å²) in [5, 5.41) is 0. The molecule has 8 nitrogen and oxygen atoms in total. The Labute approximate surface area is 726 Å². The normalized spacial score (nSPS) is 13.5. The molecule has 0 amide bonds. The molecule has 10 aromatic rings. The van der Waals surface area contributed by atoms with Crippen molar-refractivity contribution in [2.45, 2.75) is 267 Å². The molecule has 0 saturated heterocycles. The quantitative estimate of drug-likeness (QED) is 0.0716. The molecule has 4 aromatic carbocycles. The molecule has 0 fully saturated rings. The van der Waals surface area contributed by atoms with Gasteiger partial charge in [-0.05, 0) is 287 Å². The first-order valence-electron chi connectivity index (χ1n) is 43.2. The van der Waals surface area contributed by atoms with Crippen molar-refractivity contribution in [3.05, 3.63) is 233 Å². The Balaban J connectivity index is 0.00000214. The van der Waals surface area contributed by atoms with Crippen LogP contribution in [0.15, 0.2) is 109 Å². The van der Waals surface area contributed by atoms with Gasteiger partial charge in [0.15, 0.2) is 0 Å². The fraction of sp³-hybridized carbons (Fsp3) is 0.377. The number of benzene rings is 4. The van der Waals surface area contributed by atoms with Crippen molar-refractivity contribution >= 4 is 96.0 Å². The molecule has 14 rings (SSSR count). The van der Waals surface area contributed by atoms with Gasteiger partial charge in [0.25, 0.3) is 0 Å². The van der Waals surface area contributed by atoms with Crippen LogP contribution in [0.25, 0.3) is 133 Å². The van der Waals surface area contributed by atoms with E-state index < -0.39 is 7.25 Å². The molecule has 0 aliphatic carbocycles. The first-order chi connectivity index (χ1) is 56.0. The van der Waals surface area contributed by atoms with Crippen molar-refractivity contribution in [2.24, 2.45) is 0 Å². The molecule has 0 unspecified atom stereocenters. The molecule has 10 heterocycles. The van der Waals surface area contributed by atoms with Gasteiger partial charge in [-0.15, -0.1) is 22.1 Å². The van der Waals surface area contributed by atoms with Crippen molar-refractivity contribution in [1.82, 2.24) is 39.9 Å². The van der Waals surface area contributed by atoms with E-state index in [1.165, 1.54) is 106 Å². The average Bonchev–Trinajstić information content (AvgIpc) is 1.58. The molecule has 0 saturated carbocycles. The predicted molar refractivity (Wildman–Crippen MR) is 500 cm³/mol. The number of rotatable bonds is 12. The Morgan fingerprint density at radius 3 is 0.867 bits per heavy atom. The summed E-state index contributed by atoms with van der Waals surface area (Å²) in [7, 11) is -6.00. The van der Waals surface area contributed by atoms with E-state index in [9.17, 15) is 17.3 Å².